The standard InChI is InChI=1S/C23H22ClN5O2S/c1-4-16-13(2)26-22(18-9-10-19(24)32-18)29-21(16)27-15-7-5-14(6-8-15)11-20-25-12-17(28-20)23(30)31-3/h5-10,12H,4,11H2,1-3H3,(H,25,28)(H,26,27,29). The van der Waals surface area contributed by atoms with Crippen molar-refractivity contribution in [3.05, 3.63) is 75.3 Å². The normalized spacial score (nSPS) is 10.9. The van der Waals surface area contributed by atoms with E-state index >= 15 is 0 Å². The number of nitrogens with one attached hydrogen (secondary N) is 2. The Hall–Kier alpha value is -3.23. The second-order valence-corrected chi connectivity index (χ2v) is 8.87. The first-order valence-corrected chi connectivity index (χ1v) is 11.3. The minimum atomic E-state index is -0.431. The number of nitrogens with zero attached hydrogens (tertiary/aromatic N) is 3. The van der Waals surface area contributed by atoms with Gasteiger partial charge in [-0.1, -0.05) is 30.7 Å². The van der Waals surface area contributed by atoms with Gasteiger partial charge in [0.05, 0.1) is 22.5 Å². The van der Waals surface area contributed by atoms with Gasteiger partial charge in [-0.2, -0.15) is 0 Å². The molecule has 7 nitrogen and oxygen atoms in total. The summed E-state index contributed by atoms with van der Waals surface area (Å²) in [6.07, 6.45) is 2.88. The van der Waals surface area contributed by atoms with Crippen LogP contribution in [0.3, 0.4) is 0 Å². The molecule has 0 unspecified atom stereocenters. The first-order valence-electron chi connectivity index (χ1n) is 10.1. The number of benzene rings is 1. The van der Waals surface area contributed by atoms with Crippen molar-refractivity contribution in [2.75, 3.05) is 12.4 Å². The largest absolute Gasteiger partial charge is 0.464 e. The lowest BCUT2D eigenvalue weighted by Crippen LogP contribution is -2.05. The summed E-state index contributed by atoms with van der Waals surface area (Å²) >= 11 is 7.55. The van der Waals surface area contributed by atoms with Crippen LogP contribution in [0.25, 0.3) is 10.7 Å². The molecule has 0 fully saturated rings. The number of rotatable bonds is 7. The number of halogens is 1. The van der Waals surface area contributed by atoms with E-state index in [1.807, 2.05) is 43.3 Å². The average Bonchev–Trinajstić information content (AvgIpc) is 3.43. The van der Waals surface area contributed by atoms with E-state index in [-0.39, 0.29) is 0 Å². The van der Waals surface area contributed by atoms with Crippen LogP contribution in [-0.4, -0.2) is 33.0 Å². The number of ether oxygens (including phenoxy) is 1. The van der Waals surface area contributed by atoms with E-state index in [4.69, 9.17) is 21.3 Å². The van der Waals surface area contributed by atoms with E-state index in [1.165, 1.54) is 24.6 Å². The summed E-state index contributed by atoms with van der Waals surface area (Å²) in [6, 6.07) is 11.8. The third-order valence-electron chi connectivity index (χ3n) is 4.98. The molecule has 3 heterocycles. The van der Waals surface area contributed by atoms with Crippen molar-refractivity contribution in [3.63, 3.8) is 0 Å². The lowest BCUT2D eigenvalue weighted by atomic mass is 10.1. The molecule has 0 aliphatic heterocycles. The molecule has 32 heavy (non-hydrogen) atoms. The SMILES string of the molecule is CCc1c(C)nc(-c2ccc(Cl)s2)nc1Nc1ccc(Cc2ncc(C(=O)OC)[nH]2)cc1. The van der Waals surface area contributed by atoms with Crippen LogP contribution in [0, 0.1) is 6.92 Å². The molecular weight excluding hydrogens is 446 g/mol. The maximum absolute atomic E-state index is 11.6. The topological polar surface area (TPSA) is 92.8 Å². The maximum Gasteiger partial charge on any atom is 0.356 e. The van der Waals surface area contributed by atoms with Crippen LogP contribution in [0.1, 0.15) is 40.1 Å². The van der Waals surface area contributed by atoms with E-state index in [0.29, 0.717) is 28.1 Å². The first-order chi connectivity index (χ1) is 15.5. The number of carbonyl (C=O) groups is 1. The summed E-state index contributed by atoms with van der Waals surface area (Å²) in [5.41, 5.74) is 4.35. The van der Waals surface area contributed by atoms with E-state index in [9.17, 15) is 4.79 Å². The molecule has 2 N–H and O–H groups in total. The Labute approximate surface area is 194 Å². The zero-order valence-electron chi connectivity index (χ0n) is 17.9. The third-order valence-corrected chi connectivity index (χ3v) is 6.21. The highest BCUT2D eigenvalue weighted by molar-refractivity contribution is 7.19. The zero-order chi connectivity index (χ0) is 22.7. The number of methoxy groups -OCH3 is 1. The van der Waals surface area contributed by atoms with Crippen molar-refractivity contribution in [2.45, 2.75) is 26.7 Å². The average molecular weight is 468 g/mol. The molecule has 0 bridgehead atoms. The number of aromatic nitrogens is 4. The molecule has 1 aromatic carbocycles. The molecule has 0 aliphatic carbocycles. The Morgan fingerprint density at radius 2 is 1.97 bits per heavy atom. The fourth-order valence-electron chi connectivity index (χ4n) is 3.37. The van der Waals surface area contributed by atoms with Gasteiger partial charge in [-0.3, -0.25) is 0 Å². The summed E-state index contributed by atoms with van der Waals surface area (Å²) < 4.78 is 5.41. The van der Waals surface area contributed by atoms with Gasteiger partial charge in [-0.15, -0.1) is 11.3 Å². The monoisotopic (exact) mass is 467 g/mol. The zero-order valence-corrected chi connectivity index (χ0v) is 19.5. The Balaban J connectivity index is 1.53. The molecule has 0 aliphatic rings. The van der Waals surface area contributed by atoms with Crippen LogP contribution >= 0.6 is 22.9 Å². The quantitative estimate of drug-likeness (QED) is 0.345. The van der Waals surface area contributed by atoms with Gasteiger partial charge in [-0.05, 0) is 43.2 Å². The van der Waals surface area contributed by atoms with Crippen LogP contribution in [0.15, 0.2) is 42.6 Å². The first kappa shape index (κ1) is 22.0. The number of hydrogen-bond acceptors (Lipinski definition) is 7. The second-order valence-electron chi connectivity index (χ2n) is 7.15. The number of H-pyrrole nitrogens is 1. The lowest BCUT2D eigenvalue weighted by Gasteiger charge is -2.14. The summed E-state index contributed by atoms with van der Waals surface area (Å²) in [4.78, 5) is 29.2. The Bertz CT molecular complexity index is 1250. The molecule has 0 spiro atoms. The Kier molecular flexibility index (Phi) is 6.53. The van der Waals surface area contributed by atoms with Gasteiger partial charge in [0.25, 0.3) is 0 Å². The van der Waals surface area contributed by atoms with Crippen LogP contribution in [0.4, 0.5) is 11.5 Å². The highest BCUT2D eigenvalue weighted by atomic mass is 35.5. The predicted molar refractivity (Wildman–Crippen MR) is 127 cm³/mol. The highest BCUT2D eigenvalue weighted by Crippen LogP contribution is 2.31. The van der Waals surface area contributed by atoms with Crippen molar-refractivity contribution in [1.29, 1.82) is 0 Å². The molecule has 0 atom stereocenters. The van der Waals surface area contributed by atoms with Crippen molar-refractivity contribution in [2.24, 2.45) is 0 Å². The number of esters is 1. The number of carbonyl (C=O) groups excluding carboxylic acids is 1. The van der Waals surface area contributed by atoms with Gasteiger partial charge < -0.3 is 15.0 Å². The lowest BCUT2D eigenvalue weighted by molar-refractivity contribution is 0.0594. The third kappa shape index (κ3) is 4.81. The summed E-state index contributed by atoms with van der Waals surface area (Å²) in [5.74, 6) is 1.72. The highest BCUT2D eigenvalue weighted by Gasteiger charge is 2.14. The smallest absolute Gasteiger partial charge is 0.356 e. The van der Waals surface area contributed by atoms with Crippen LogP contribution in [0.5, 0.6) is 0 Å². The van der Waals surface area contributed by atoms with E-state index < -0.39 is 5.97 Å². The molecule has 0 saturated heterocycles. The van der Waals surface area contributed by atoms with Gasteiger partial charge in [0.1, 0.15) is 17.3 Å². The van der Waals surface area contributed by atoms with Gasteiger partial charge in [0.15, 0.2) is 5.82 Å². The van der Waals surface area contributed by atoms with E-state index in [0.717, 1.165) is 39.6 Å². The summed E-state index contributed by atoms with van der Waals surface area (Å²) in [5, 5.41) is 3.43. The van der Waals surface area contributed by atoms with Crippen molar-refractivity contribution < 1.29 is 9.53 Å². The van der Waals surface area contributed by atoms with Crippen LogP contribution in [0.2, 0.25) is 4.34 Å². The molecule has 0 radical (unpaired) electrons. The van der Waals surface area contributed by atoms with Crippen LogP contribution < -0.4 is 5.32 Å². The Morgan fingerprint density at radius 1 is 1.19 bits per heavy atom. The minimum Gasteiger partial charge on any atom is -0.464 e. The fraction of sp³-hybridized carbons (Fsp3) is 0.217. The van der Waals surface area contributed by atoms with Crippen molar-refractivity contribution in [1.82, 2.24) is 19.9 Å². The molecule has 0 amide bonds. The molecule has 3 aromatic heterocycles. The fourth-order valence-corrected chi connectivity index (χ4v) is 4.35. The number of aryl methyl sites for hydroxylation is 1. The Morgan fingerprint density at radius 3 is 2.62 bits per heavy atom. The molecule has 9 heteroatoms. The van der Waals surface area contributed by atoms with Gasteiger partial charge in [0, 0.05) is 23.4 Å². The number of imidazole rings is 1. The van der Waals surface area contributed by atoms with Crippen molar-refractivity contribution >= 4 is 40.4 Å². The van der Waals surface area contributed by atoms with Crippen LogP contribution in [-0.2, 0) is 17.6 Å². The maximum atomic E-state index is 11.6. The van der Waals surface area contributed by atoms with E-state index in [1.54, 1.807) is 0 Å². The number of thiophene rings is 1. The summed E-state index contributed by atoms with van der Waals surface area (Å²) in [7, 11) is 1.34. The van der Waals surface area contributed by atoms with E-state index in [2.05, 4.69) is 27.2 Å². The molecular formula is C23H22ClN5O2S. The van der Waals surface area contributed by atoms with Gasteiger partial charge in [-0.25, -0.2) is 19.7 Å². The number of aromatic amines is 1. The minimum absolute atomic E-state index is 0.342. The molecule has 4 rings (SSSR count). The van der Waals surface area contributed by atoms with Gasteiger partial charge in [0.2, 0.25) is 0 Å². The predicted octanol–water partition coefficient (Wildman–Crippen LogP) is 5.57. The molecule has 164 valence electrons. The summed E-state index contributed by atoms with van der Waals surface area (Å²) in [6.45, 7) is 4.09. The van der Waals surface area contributed by atoms with Gasteiger partial charge >= 0.3 is 5.97 Å². The molecule has 4 aromatic rings. The second kappa shape index (κ2) is 9.50. The molecule has 0 saturated carbocycles. The van der Waals surface area contributed by atoms with Crippen molar-refractivity contribution in [3.8, 4) is 10.7 Å². The number of anilines is 2. The number of hydrogen-bond donors (Lipinski definition) is 2.